The van der Waals surface area contributed by atoms with Crippen LogP contribution in [-0.2, 0) is 0 Å². The summed E-state index contributed by atoms with van der Waals surface area (Å²) in [6.45, 7) is 1.97. The van der Waals surface area contributed by atoms with E-state index in [0.717, 1.165) is 22.1 Å². The first-order valence-electron chi connectivity index (χ1n) is 4.55. The zero-order valence-corrected chi connectivity index (χ0v) is 8.03. The van der Waals surface area contributed by atoms with E-state index < -0.39 is 0 Å². The summed E-state index contributed by atoms with van der Waals surface area (Å²) < 4.78 is 5.21. The molecule has 0 saturated carbocycles. The Morgan fingerprint density at radius 2 is 1.93 bits per heavy atom. The molecule has 0 saturated heterocycles. The van der Waals surface area contributed by atoms with Gasteiger partial charge >= 0.3 is 7.69 Å². The van der Waals surface area contributed by atoms with Crippen LogP contribution in [0.4, 0.5) is 0 Å². The number of fused-ring (bicyclic) bond motifs is 1. The Labute approximate surface area is 83.4 Å². The van der Waals surface area contributed by atoms with Gasteiger partial charge in [0.05, 0.1) is 0 Å². The van der Waals surface area contributed by atoms with E-state index in [1.165, 1.54) is 0 Å². The quantitative estimate of drug-likeness (QED) is 0.724. The van der Waals surface area contributed by atoms with E-state index in [1.54, 1.807) is 0 Å². The number of hydrogen-bond donors (Lipinski definition) is 1. The topological polar surface area (TPSA) is 29.5 Å². The molecule has 0 bridgehead atoms. The SMILES string of the molecule is Cc1ccc2ccccc2c1OBO. The van der Waals surface area contributed by atoms with Gasteiger partial charge in [-0.1, -0.05) is 36.4 Å². The van der Waals surface area contributed by atoms with Gasteiger partial charge in [0.25, 0.3) is 0 Å². The van der Waals surface area contributed by atoms with Crippen molar-refractivity contribution in [1.29, 1.82) is 0 Å². The van der Waals surface area contributed by atoms with Crippen molar-refractivity contribution in [2.24, 2.45) is 0 Å². The monoisotopic (exact) mass is 186 g/mol. The molecule has 2 rings (SSSR count). The molecule has 1 N–H and O–H groups in total. The van der Waals surface area contributed by atoms with Crippen LogP contribution in [0.15, 0.2) is 36.4 Å². The number of benzene rings is 2. The van der Waals surface area contributed by atoms with E-state index in [9.17, 15) is 0 Å². The average Bonchev–Trinajstić information content (AvgIpc) is 2.23. The minimum absolute atomic E-state index is 0.283. The van der Waals surface area contributed by atoms with E-state index >= 15 is 0 Å². The van der Waals surface area contributed by atoms with Gasteiger partial charge in [0, 0.05) is 5.39 Å². The van der Waals surface area contributed by atoms with Crippen molar-refractivity contribution in [2.75, 3.05) is 0 Å². The predicted octanol–water partition coefficient (Wildman–Crippen LogP) is 1.79. The van der Waals surface area contributed by atoms with Crippen molar-refractivity contribution < 1.29 is 9.68 Å². The van der Waals surface area contributed by atoms with Crippen molar-refractivity contribution in [3.63, 3.8) is 0 Å². The fourth-order valence-electron chi connectivity index (χ4n) is 1.61. The van der Waals surface area contributed by atoms with E-state index in [-0.39, 0.29) is 7.69 Å². The molecular weight excluding hydrogens is 175 g/mol. The van der Waals surface area contributed by atoms with Crippen molar-refractivity contribution in [1.82, 2.24) is 0 Å². The Balaban J connectivity index is 2.69. The van der Waals surface area contributed by atoms with Crippen molar-refractivity contribution in [3.8, 4) is 5.75 Å². The summed E-state index contributed by atoms with van der Waals surface area (Å²) in [5.41, 5.74) is 1.04. The number of hydrogen-bond acceptors (Lipinski definition) is 2. The lowest BCUT2D eigenvalue weighted by Gasteiger charge is -2.09. The summed E-state index contributed by atoms with van der Waals surface area (Å²) in [5.74, 6) is 0.769. The van der Waals surface area contributed by atoms with Gasteiger partial charge in [-0.25, -0.2) is 0 Å². The number of rotatable bonds is 2. The molecule has 0 spiro atoms. The molecular formula is C11H11BO2. The van der Waals surface area contributed by atoms with Crippen molar-refractivity contribution >= 4 is 18.5 Å². The van der Waals surface area contributed by atoms with E-state index in [0.29, 0.717) is 0 Å². The Morgan fingerprint density at radius 1 is 1.14 bits per heavy atom. The molecule has 0 amide bonds. The first-order valence-corrected chi connectivity index (χ1v) is 4.55. The minimum Gasteiger partial charge on any atom is -0.538 e. The highest BCUT2D eigenvalue weighted by atomic mass is 16.5. The van der Waals surface area contributed by atoms with E-state index in [4.69, 9.17) is 9.68 Å². The Morgan fingerprint density at radius 3 is 2.71 bits per heavy atom. The maximum Gasteiger partial charge on any atom is 0.504 e. The third-order valence-electron chi connectivity index (χ3n) is 2.29. The molecule has 2 aromatic carbocycles. The molecule has 0 radical (unpaired) electrons. The summed E-state index contributed by atoms with van der Waals surface area (Å²) in [7, 11) is -0.283. The van der Waals surface area contributed by atoms with Crippen molar-refractivity contribution in [2.45, 2.75) is 6.92 Å². The summed E-state index contributed by atoms with van der Waals surface area (Å²) in [5, 5.41) is 11.0. The molecule has 70 valence electrons. The first-order chi connectivity index (χ1) is 6.83. The maximum atomic E-state index is 8.78. The normalized spacial score (nSPS) is 10.1. The zero-order valence-electron chi connectivity index (χ0n) is 8.03. The summed E-state index contributed by atoms with van der Waals surface area (Å²) in [6, 6.07) is 12.0. The second-order valence-corrected chi connectivity index (χ2v) is 3.21. The molecule has 0 unspecified atom stereocenters. The molecule has 0 aliphatic rings. The fourth-order valence-corrected chi connectivity index (χ4v) is 1.61. The van der Waals surface area contributed by atoms with Gasteiger partial charge in [0.15, 0.2) is 0 Å². The van der Waals surface area contributed by atoms with Crippen LogP contribution >= 0.6 is 0 Å². The molecule has 14 heavy (non-hydrogen) atoms. The van der Waals surface area contributed by atoms with Gasteiger partial charge < -0.3 is 9.68 Å². The Hall–Kier alpha value is -1.48. The average molecular weight is 186 g/mol. The van der Waals surface area contributed by atoms with Gasteiger partial charge in [-0.2, -0.15) is 0 Å². The van der Waals surface area contributed by atoms with Crippen molar-refractivity contribution in [3.05, 3.63) is 42.0 Å². The van der Waals surface area contributed by atoms with Crippen LogP contribution in [0.2, 0.25) is 0 Å². The summed E-state index contributed by atoms with van der Waals surface area (Å²) >= 11 is 0. The first kappa shape index (κ1) is 9.09. The second kappa shape index (κ2) is 3.72. The number of aryl methyl sites for hydroxylation is 1. The van der Waals surface area contributed by atoms with Crippen LogP contribution in [0.5, 0.6) is 5.75 Å². The van der Waals surface area contributed by atoms with Gasteiger partial charge in [0.1, 0.15) is 5.75 Å². The molecule has 0 heterocycles. The fraction of sp³-hybridized carbons (Fsp3) is 0.0909. The smallest absolute Gasteiger partial charge is 0.504 e. The summed E-state index contributed by atoms with van der Waals surface area (Å²) in [6.07, 6.45) is 0. The lowest BCUT2D eigenvalue weighted by atomic mass is 10.1. The molecule has 2 aromatic rings. The minimum atomic E-state index is -0.283. The van der Waals surface area contributed by atoms with Gasteiger partial charge in [-0.3, -0.25) is 0 Å². The van der Waals surface area contributed by atoms with Crippen LogP contribution in [0.3, 0.4) is 0 Å². The molecule has 0 atom stereocenters. The third kappa shape index (κ3) is 1.47. The van der Waals surface area contributed by atoms with Gasteiger partial charge in [-0.05, 0) is 17.9 Å². The van der Waals surface area contributed by atoms with Crippen LogP contribution < -0.4 is 4.65 Å². The molecule has 0 fully saturated rings. The lowest BCUT2D eigenvalue weighted by Crippen LogP contribution is -2.01. The Kier molecular flexibility index (Phi) is 2.42. The third-order valence-corrected chi connectivity index (χ3v) is 2.29. The van der Waals surface area contributed by atoms with Gasteiger partial charge in [-0.15, -0.1) is 0 Å². The highest BCUT2D eigenvalue weighted by Crippen LogP contribution is 2.28. The van der Waals surface area contributed by atoms with Crippen LogP contribution in [-0.4, -0.2) is 12.7 Å². The molecule has 2 nitrogen and oxygen atoms in total. The summed E-state index contributed by atoms with van der Waals surface area (Å²) in [4.78, 5) is 0. The van der Waals surface area contributed by atoms with E-state index in [1.807, 2.05) is 37.3 Å². The second-order valence-electron chi connectivity index (χ2n) is 3.21. The van der Waals surface area contributed by atoms with Crippen LogP contribution in [0, 0.1) is 6.92 Å². The molecule has 3 heteroatoms. The molecule has 0 aromatic heterocycles. The van der Waals surface area contributed by atoms with E-state index in [2.05, 4.69) is 6.07 Å². The lowest BCUT2D eigenvalue weighted by molar-refractivity contribution is 0.455. The largest absolute Gasteiger partial charge is 0.538 e. The van der Waals surface area contributed by atoms with Crippen LogP contribution in [0.25, 0.3) is 10.8 Å². The Bertz CT molecular complexity index is 454. The van der Waals surface area contributed by atoms with Gasteiger partial charge in [0.2, 0.25) is 0 Å². The van der Waals surface area contributed by atoms with Crippen LogP contribution in [0.1, 0.15) is 5.56 Å². The highest BCUT2D eigenvalue weighted by Gasteiger charge is 2.04. The standard InChI is InChI=1S/C11H11BO2/c1-8-6-7-9-4-2-3-5-10(9)11(8)14-12-13/h2-7,12-13H,1H3. The molecule has 0 aliphatic heterocycles. The predicted molar refractivity (Wildman–Crippen MR) is 58.7 cm³/mol. The highest BCUT2D eigenvalue weighted by molar-refractivity contribution is 6.18. The zero-order chi connectivity index (χ0) is 9.97. The molecule has 0 aliphatic carbocycles. The maximum absolute atomic E-state index is 8.78.